The summed E-state index contributed by atoms with van der Waals surface area (Å²) in [5.74, 6) is 0.495. The highest BCUT2D eigenvalue weighted by molar-refractivity contribution is 5.40. The van der Waals surface area contributed by atoms with Crippen LogP contribution < -0.4 is 9.47 Å². The number of hydrogen-bond acceptors (Lipinski definition) is 2. The SMILES string of the molecule is FC(F)(F)c1cccc(Oc2ccc(Oc3cccc(C(F)(F)F)c3)cc2)c1. The molecule has 0 saturated heterocycles. The van der Waals surface area contributed by atoms with Gasteiger partial charge in [-0.25, -0.2) is 0 Å². The van der Waals surface area contributed by atoms with E-state index in [-0.39, 0.29) is 23.0 Å². The molecule has 3 rings (SSSR count). The van der Waals surface area contributed by atoms with Gasteiger partial charge in [-0.1, -0.05) is 12.1 Å². The van der Waals surface area contributed by atoms with Crippen LogP contribution in [0.4, 0.5) is 26.3 Å². The van der Waals surface area contributed by atoms with Gasteiger partial charge in [-0.2, -0.15) is 26.3 Å². The number of benzene rings is 3. The van der Waals surface area contributed by atoms with Crippen molar-refractivity contribution in [3.8, 4) is 23.0 Å². The molecule has 3 aromatic rings. The zero-order valence-corrected chi connectivity index (χ0v) is 14.0. The number of rotatable bonds is 4. The van der Waals surface area contributed by atoms with Gasteiger partial charge in [-0.15, -0.1) is 0 Å². The predicted molar refractivity (Wildman–Crippen MR) is 89.5 cm³/mol. The second kappa shape index (κ2) is 7.46. The van der Waals surface area contributed by atoms with Crippen LogP contribution >= 0.6 is 0 Å². The van der Waals surface area contributed by atoms with Gasteiger partial charge in [0.15, 0.2) is 0 Å². The zero-order chi connectivity index (χ0) is 20.4. The molecular weight excluding hydrogens is 386 g/mol. The molecule has 0 atom stereocenters. The van der Waals surface area contributed by atoms with Gasteiger partial charge >= 0.3 is 12.4 Å². The summed E-state index contributed by atoms with van der Waals surface area (Å²) in [6.45, 7) is 0. The molecule has 0 N–H and O–H groups in total. The quantitative estimate of drug-likeness (QED) is 0.429. The summed E-state index contributed by atoms with van der Waals surface area (Å²) in [4.78, 5) is 0. The third-order valence-corrected chi connectivity index (χ3v) is 3.62. The van der Waals surface area contributed by atoms with Crippen molar-refractivity contribution >= 4 is 0 Å². The van der Waals surface area contributed by atoms with E-state index in [0.29, 0.717) is 0 Å². The lowest BCUT2D eigenvalue weighted by Gasteiger charge is -2.11. The van der Waals surface area contributed by atoms with Gasteiger partial charge in [-0.05, 0) is 60.7 Å². The Kier molecular flexibility index (Phi) is 5.22. The van der Waals surface area contributed by atoms with Crippen LogP contribution in [0, 0.1) is 0 Å². The lowest BCUT2D eigenvalue weighted by molar-refractivity contribution is -0.138. The molecule has 0 aromatic heterocycles. The van der Waals surface area contributed by atoms with Gasteiger partial charge < -0.3 is 9.47 Å². The van der Waals surface area contributed by atoms with Gasteiger partial charge in [0.25, 0.3) is 0 Å². The smallest absolute Gasteiger partial charge is 0.416 e. The Morgan fingerprint density at radius 1 is 0.464 bits per heavy atom. The fraction of sp³-hybridized carbons (Fsp3) is 0.100. The standard InChI is InChI=1S/C20H12F6O2/c21-19(22,23)13-3-1-5-17(11-13)27-15-7-9-16(10-8-15)28-18-6-2-4-14(12-18)20(24,25)26/h1-12H. The summed E-state index contributed by atoms with van der Waals surface area (Å²) in [6, 6.07) is 14.5. The van der Waals surface area contributed by atoms with Crippen LogP contribution in [-0.4, -0.2) is 0 Å². The minimum Gasteiger partial charge on any atom is -0.457 e. The zero-order valence-electron chi connectivity index (χ0n) is 14.0. The molecule has 3 aromatic carbocycles. The van der Waals surface area contributed by atoms with Crippen LogP contribution in [0.15, 0.2) is 72.8 Å². The van der Waals surface area contributed by atoms with Crippen molar-refractivity contribution < 1.29 is 35.8 Å². The first-order valence-corrected chi connectivity index (χ1v) is 7.91. The van der Waals surface area contributed by atoms with Gasteiger partial charge in [0.1, 0.15) is 23.0 Å². The maximum Gasteiger partial charge on any atom is 0.416 e. The van der Waals surface area contributed by atoms with E-state index in [0.717, 1.165) is 24.3 Å². The Labute approximate surface area is 155 Å². The summed E-state index contributed by atoms with van der Waals surface area (Å²) < 4.78 is 87.1. The van der Waals surface area contributed by atoms with Crippen molar-refractivity contribution in [2.75, 3.05) is 0 Å². The van der Waals surface area contributed by atoms with Gasteiger partial charge in [0.2, 0.25) is 0 Å². The molecular formula is C20H12F6O2. The Morgan fingerprint density at radius 3 is 1.14 bits per heavy atom. The minimum atomic E-state index is -4.48. The molecule has 0 unspecified atom stereocenters. The molecule has 0 bridgehead atoms. The molecule has 0 aliphatic rings. The number of hydrogen-bond donors (Lipinski definition) is 0. The highest BCUT2D eigenvalue weighted by atomic mass is 19.4. The van der Waals surface area contributed by atoms with Gasteiger partial charge in [-0.3, -0.25) is 0 Å². The van der Waals surface area contributed by atoms with E-state index >= 15 is 0 Å². The fourth-order valence-corrected chi connectivity index (χ4v) is 2.32. The van der Waals surface area contributed by atoms with Crippen molar-refractivity contribution in [2.45, 2.75) is 12.4 Å². The van der Waals surface area contributed by atoms with E-state index in [4.69, 9.17) is 9.47 Å². The highest BCUT2D eigenvalue weighted by Gasteiger charge is 2.31. The normalized spacial score (nSPS) is 11.9. The van der Waals surface area contributed by atoms with Crippen molar-refractivity contribution in [1.29, 1.82) is 0 Å². The average Bonchev–Trinajstić information content (AvgIpc) is 2.62. The maximum atomic E-state index is 12.7. The summed E-state index contributed by atoms with van der Waals surface area (Å²) in [5.41, 5.74) is -1.68. The van der Waals surface area contributed by atoms with E-state index in [1.54, 1.807) is 0 Å². The summed E-state index contributed by atoms with van der Waals surface area (Å²) in [5, 5.41) is 0. The fourth-order valence-electron chi connectivity index (χ4n) is 2.32. The van der Waals surface area contributed by atoms with Crippen molar-refractivity contribution in [3.63, 3.8) is 0 Å². The lowest BCUT2D eigenvalue weighted by atomic mass is 10.2. The second-order valence-corrected chi connectivity index (χ2v) is 5.73. The van der Waals surface area contributed by atoms with Crippen LogP contribution in [0.1, 0.15) is 11.1 Å². The third-order valence-electron chi connectivity index (χ3n) is 3.62. The highest BCUT2D eigenvalue weighted by Crippen LogP contribution is 2.34. The molecule has 0 saturated carbocycles. The van der Waals surface area contributed by atoms with E-state index in [1.165, 1.54) is 48.5 Å². The molecule has 0 aliphatic carbocycles. The van der Waals surface area contributed by atoms with Gasteiger partial charge in [0.05, 0.1) is 11.1 Å². The molecule has 0 amide bonds. The van der Waals surface area contributed by atoms with Crippen LogP contribution in [0.2, 0.25) is 0 Å². The third kappa shape index (κ3) is 4.97. The lowest BCUT2D eigenvalue weighted by Crippen LogP contribution is -2.04. The molecule has 28 heavy (non-hydrogen) atoms. The van der Waals surface area contributed by atoms with Gasteiger partial charge in [0, 0.05) is 0 Å². The number of halogens is 6. The number of alkyl halides is 6. The molecule has 0 spiro atoms. The predicted octanol–water partition coefficient (Wildman–Crippen LogP) is 7.31. The topological polar surface area (TPSA) is 18.5 Å². The second-order valence-electron chi connectivity index (χ2n) is 5.73. The van der Waals surface area contributed by atoms with Crippen LogP contribution in [0.5, 0.6) is 23.0 Å². The van der Waals surface area contributed by atoms with E-state index in [2.05, 4.69) is 0 Å². The van der Waals surface area contributed by atoms with Crippen LogP contribution in [-0.2, 0) is 12.4 Å². The van der Waals surface area contributed by atoms with E-state index < -0.39 is 23.5 Å². The van der Waals surface area contributed by atoms with Crippen molar-refractivity contribution in [2.24, 2.45) is 0 Å². The first-order valence-electron chi connectivity index (χ1n) is 7.91. The first-order chi connectivity index (χ1) is 13.1. The first kappa shape index (κ1) is 19.6. The monoisotopic (exact) mass is 398 g/mol. The van der Waals surface area contributed by atoms with E-state index in [1.807, 2.05) is 0 Å². The van der Waals surface area contributed by atoms with Crippen molar-refractivity contribution in [3.05, 3.63) is 83.9 Å². The van der Waals surface area contributed by atoms with Crippen LogP contribution in [0.25, 0.3) is 0 Å². The molecule has 146 valence electrons. The van der Waals surface area contributed by atoms with E-state index in [9.17, 15) is 26.3 Å². The Hall–Kier alpha value is -3.16. The Balaban J connectivity index is 1.71. The number of ether oxygens (including phenoxy) is 2. The summed E-state index contributed by atoms with van der Waals surface area (Å²) in [6.07, 6.45) is -8.97. The average molecular weight is 398 g/mol. The largest absolute Gasteiger partial charge is 0.457 e. The molecule has 2 nitrogen and oxygen atoms in total. The molecule has 0 heterocycles. The molecule has 0 fully saturated rings. The molecule has 0 radical (unpaired) electrons. The molecule has 8 heteroatoms. The summed E-state index contributed by atoms with van der Waals surface area (Å²) in [7, 11) is 0. The van der Waals surface area contributed by atoms with Crippen molar-refractivity contribution in [1.82, 2.24) is 0 Å². The Bertz CT molecular complexity index is 867. The maximum absolute atomic E-state index is 12.7. The minimum absolute atomic E-state index is 0.00127. The van der Waals surface area contributed by atoms with Crippen LogP contribution in [0.3, 0.4) is 0 Å². The summed E-state index contributed by atoms with van der Waals surface area (Å²) >= 11 is 0. The molecule has 0 aliphatic heterocycles. The Morgan fingerprint density at radius 2 is 0.821 bits per heavy atom.